The molecule has 10 heteroatoms. The van der Waals surface area contributed by atoms with E-state index in [2.05, 4.69) is 19.9 Å². The molecule has 0 spiro atoms. The van der Waals surface area contributed by atoms with Gasteiger partial charge in [-0.1, -0.05) is 0 Å². The summed E-state index contributed by atoms with van der Waals surface area (Å²) in [6, 6.07) is 3.15. The van der Waals surface area contributed by atoms with Crippen LogP contribution in [0, 0.1) is 0 Å². The highest BCUT2D eigenvalue weighted by atomic mass is 19.4. The molecule has 0 atom stereocenters. The standard InChI is InChI=1S/C13H10F3N5O2/c1-2-23-12(22)8-6-18-21(10(8)13(14,15)16)11-9-4-3-5-20(9)19-7-17-11/h3-7H,2H2,1H3. The van der Waals surface area contributed by atoms with Gasteiger partial charge in [0.05, 0.1) is 12.8 Å². The Morgan fingerprint density at radius 3 is 2.83 bits per heavy atom. The van der Waals surface area contributed by atoms with Crippen LogP contribution in [0.4, 0.5) is 13.2 Å². The molecule has 0 amide bonds. The van der Waals surface area contributed by atoms with Crippen molar-refractivity contribution in [2.45, 2.75) is 13.1 Å². The number of fused-ring (bicyclic) bond motifs is 1. The molecule has 0 aromatic carbocycles. The zero-order valence-corrected chi connectivity index (χ0v) is 11.8. The van der Waals surface area contributed by atoms with Gasteiger partial charge in [0.25, 0.3) is 0 Å². The molecular weight excluding hydrogens is 315 g/mol. The van der Waals surface area contributed by atoms with E-state index in [1.807, 2.05) is 0 Å². The lowest BCUT2D eigenvalue weighted by Gasteiger charge is -2.12. The van der Waals surface area contributed by atoms with E-state index in [4.69, 9.17) is 0 Å². The minimum Gasteiger partial charge on any atom is -0.462 e. The fraction of sp³-hybridized carbons (Fsp3) is 0.231. The molecule has 0 aliphatic rings. The number of hydrogen-bond donors (Lipinski definition) is 0. The first-order valence-electron chi connectivity index (χ1n) is 6.54. The van der Waals surface area contributed by atoms with Gasteiger partial charge in [0.2, 0.25) is 0 Å². The topological polar surface area (TPSA) is 74.3 Å². The molecule has 0 fully saturated rings. The van der Waals surface area contributed by atoms with Gasteiger partial charge >= 0.3 is 12.1 Å². The fourth-order valence-corrected chi connectivity index (χ4v) is 2.16. The molecule has 0 saturated carbocycles. The first-order chi connectivity index (χ1) is 10.9. The van der Waals surface area contributed by atoms with Gasteiger partial charge in [-0.2, -0.15) is 23.4 Å². The molecule has 120 valence electrons. The van der Waals surface area contributed by atoms with Crippen molar-refractivity contribution in [1.29, 1.82) is 0 Å². The average molecular weight is 325 g/mol. The number of carbonyl (C=O) groups excluding carboxylic acids is 1. The largest absolute Gasteiger partial charge is 0.462 e. The maximum absolute atomic E-state index is 13.4. The molecule has 23 heavy (non-hydrogen) atoms. The maximum atomic E-state index is 13.4. The van der Waals surface area contributed by atoms with Gasteiger partial charge in [-0.15, -0.1) is 0 Å². The van der Waals surface area contributed by atoms with Crippen molar-refractivity contribution >= 4 is 11.5 Å². The van der Waals surface area contributed by atoms with E-state index in [1.165, 1.54) is 11.4 Å². The number of esters is 1. The number of nitrogens with zero attached hydrogens (tertiary/aromatic N) is 5. The molecule has 7 nitrogen and oxygen atoms in total. The maximum Gasteiger partial charge on any atom is 0.434 e. The molecule has 0 aliphatic carbocycles. The Morgan fingerprint density at radius 2 is 2.13 bits per heavy atom. The van der Waals surface area contributed by atoms with E-state index in [9.17, 15) is 18.0 Å². The van der Waals surface area contributed by atoms with Gasteiger partial charge in [-0.05, 0) is 19.1 Å². The second-order valence-electron chi connectivity index (χ2n) is 4.46. The van der Waals surface area contributed by atoms with Crippen LogP contribution in [0.3, 0.4) is 0 Å². The van der Waals surface area contributed by atoms with Crippen molar-refractivity contribution in [1.82, 2.24) is 24.4 Å². The van der Waals surface area contributed by atoms with Gasteiger partial charge in [-0.3, -0.25) is 0 Å². The Balaban J connectivity index is 2.24. The van der Waals surface area contributed by atoms with Gasteiger partial charge < -0.3 is 4.74 Å². The molecule has 0 aliphatic heterocycles. The third-order valence-electron chi connectivity index (χ3n) is 3.05. The summed E-state index contributed by atoms with van der Waals surface area (Å²) < 4.78 is 46.9. The van der Waals surface area contributed by atoms with E-state index >= 15 is 0 Å². The second-order valence-corrected chi connectivity index (χ2v) is 4.46. The normalized spacial score (nSPS) is 11.8. The summed E-state index contributed by atoms with van der Waals surface area (Å²) in [4.78, 5) is 15.6. The molecule has 0 bridgehead atoms. The van der Waals surface area contributed by atoms with Gasteiger partial charge in [0.15, 0.2) is 11.5 Å². The van der Waals surface area contributed by atoms with Crippen LogP contribution in [0.1, 0.15) is 23.0 Å². The quantitative estimate of drug-likeness (QED) is 0.690. The summed E-state index contributed by atoms with van der Waals surface area (Å²) in [5.41, 5.74) is -1.59. The van der Waals surface area contributed by atoms with Crippen LogP contribution < -0.4 is 0 Å². The van der Waals surface area contributed by atoms with Crippen molar-refractivity contribution in [2.24, 2.45) is 0 Å². The highest BCUT2D eigenvalue weighted by Gasteiger charge is 2.41. The summed E-state index contributed by atoms with van der Waals surface area (Å²) >= 11 is 0. The highest BCUT2D eigenvalue weighted by Crippen LogP contribution is 2.34. The number of carbonyl (C=O) groups is 1. The monoisotopic (exact) mass is 325 g/mol. The predicted octanol–water partition coefficient (Wildman–Crippen LogP) is 2.11. The van der Waals surface area contributed by atoms with Crippen molar-refractivity contribution in [3.8, 4) is 5.82 Å². The Bertz CT molecular complexity index is 868. The summed E-state index contributed by atoms with van der Waals surface area (Å²) in [6.45, 7) is 1.46. The third-order valence-corrected chi connectivity index (χ3v) is 3.05. The van der Waals surface area contributed by atoms with E-state index in [0.717, 1.165) is 12.5 Å². The number of alkyl halides is 3. The van der Waals surface area contributed by atoms with Crippen LogP contribution in [0.15, 0.2) is 30.9 Å². The SMILES string of the molecule is CCOC(=O)c1cnn(-c2ncnn3cccc23)c1C(F)(F)F. The van der Waals surface area contributed by atoms with Gasteiger partial charge in [-0.25, -0.2) is 19.0 Å². The van der Waals surface area contributed by atoms with Crippen LogP contribution in [0.2, 0.25) is 0 Å². The molecular formula is C13H10F3N5O2. The van der Waals surface area contributed by atoms with Crippen LogP contribution in [-0.4, -0.2) is 37.0 Å². The number of rotatable bonds is 3. The van der Waals surface area contributed by atoms with Crippen LogP contribution >= 0.6 is 0 Å². The number of hydrogen-bond acceptors (Lipinski definition) is 5. The fourth-order valence-electron chi connectivity index (χ4n) is 2.16. The van der Waals surface area contributed by atoms with Crippen molar-refractivity contribution in [3.05, 3.63) is 42.1 Å². The third kappa shape index (κ3) is 2.51. The predicted molar refractivity (Wildman–Crippen MR) is 71.1 cm³/mol. The zero-order chi connectivity index (χ0) is 16.6. The number of aromatic nitrogens is 5. The number of ether oxygens (including phenoxy) is 1. The first kappa shape index (κ1) is 15.0. The zero-order valence-electron chi connectivity index (χ0n) is 11.8. The van der Waals surface area contributed by atoms with Gasteiger partial charge in [0, 0.05) is 6.20 Å². The molecule has 3 aromatic heterocycles. The Labute approximate surface area is 127 Å². The molecule has 0 saturated heterocycles. The summed E-state index contributed by atoms with van der Waals surface area (Å²) in [7, 11) is 0. The minimum atomic E-state index is -4.81. The smallest absolute Gasteiger partial charge is 0.434 e. The van der Waals surface area contributed by atoms with Crippen molar-refractivity contribution in [3.63, 3.8) is 0 Å². The van der Waals surface area contributed by atoms with E-state index in [1.54, 1.807) is 18.3 Å². The molecule has 3 aromatic rings. The van der Waals surface area contributed by atoms with E-state index < -0.39 is 23.4 Å². The lowest BCUT2D eigenvalue weighted by molar-refractivity contribution is -0.143. The summed E-state index contributed by atoms with van der Waals surface area (Å²) in [6.07, 6.45) is -1.33. The minimum absolute atomic E-state index is 0.0439. The molecule has 3 heterocycles. The first-order valence-corrected chi connectivity index (χ1v) is 6.54. The van der Waals surface area contributed by atoms with E-state index in [0.29, 0.717) is 10.2 Å². The van der Waals surface area contributed by atoms with Gasteiger partial charge in [0.1, 0.15) is 17.4 Å². The molecule has 0 unspecified atom stereocenters. The highest BCUT2D eigenvalue weighted by molar-refractivity contribution is 5.91. The summed E-state index contributed by atoms with van der Waals surface area (Å²) in [5, 5.41) is 7.56. The molecule has 0 N–H and O–H groups in total. The Kier molecular flexibility index (Phi) is 3.51. The van der Waals surface area contributed by atoms with Crippen LogP contribution in [-0.2, 0) is 10.9 Å². The summed E-state index contributed by atoms with van der Waals surface area (Å²) in [5.74, 6) is -1.18. The Hall–Kier alpha value is -2.91. The lowest BCUT2D eigenvalue weighted by Crippen LogP contribution is -2.19. The molecule has 0 radical (unpaired) electrons. The van der Waals surface area contributed by atoms with Crippen LogP contribution in [0.5, 0.6) is 0 Å². The lowest BCUT2D eigenvalue weighted by atomic mass is 10.2. The van der Waals surface area contributed by atoms with E-state index in [-0.39, 0.29) is 12.4 Å². The Morgan fingerprint density at radius 1 is 1.35 bits per heavy atom. The molecule has 3 rings (SSSR count). The average Bonchev–Trinajstić information content (AvgIpc) is 3.13. The second kappa shape index (κ2) is 5.38. The van der Waals surface area contributed by atoms with Crippen molar-refractivity contribution < 1.29 is 22.7 Å². The number of halogens is 3. The van der Waals surface area contributed by atoms with Crippen molar-refractivity contribution in [2.75, 3.05) is 6.61 Å². The van der Waals surface area contributed by atoms with Crippen LogP contribution in [0.25, 0.3) is 11.3 Å².